The number of halogens is 1. The molecule has 140 valence electrons. The Labute approximate surface area is 170 Å². The van der Waals surface area contributed by atoms with Gasteiger partial charge >= 0.3 is 0 Å². The van der Waals surface area contributed by atoms with E-state index >= 15 is 0 Å². The summed E-state index contributed by atoms with van der Waals surface area (Å²) < 4.78 is 11.9. The molecule has 7 heteroatoms. The molecule has 0 aliphatic carbocycles. The minimum absolute atomic E-state index is 0.0787. The molecule has 3 aromatic rings. The first-order valence-electron chi connectivity index (χ1n) is 8.34. The number of methoxy groups -OCH3 is 1. The van der Waals surface area contributed by atoms with Gasteiger partial charge in [-0.1, -0.05) is 52.0 Å². The summed E-state index contributed by atoms with van der Waals surface area (Å²) in [5.74, 6) is 1.36. The molecule has 1 heterocycles. The molecule has 5 nitrogen and oxygen atoms in total. The lowest BCUT2D eigenvalue weighted by Crippen LogP contribution is -2.30. The predicted molar refractivity (Wildman–Crippen MR) is 110 cm³/mol. The van der Waals surface area contributed by atoms with Crippen LogP contribution in [0.25, 0.3) is 11.3 Å². The fraction of sp³-hybridized carbons (Fsp3) is 0.200. The van der Waals surface area contributed by atoms with Crippen LogP contribution in [-0.2, 0) is 11.3 Å². The second kappa shape index (κ2) is 9.10. The summed E-state index contributed by atoms with van der Waals surface area (Å²) in [6.07, 6.45) is 1.67. The van der Waals surface area contributed by atoms with Gasteiger partial charge in [0.2, 0.25) is 5.91 Å². The maximum absolute atomic E-state index is 12.4. The zero-order valence-electron chi connectivity index (χ0n) is 14.9. The van der Waals surface area contributed by atoms with Gasteiger partial charge in [-0.25, -0.2) is 4.98 Å². The van der Waals surface area contributed by atoms with E-state index in [9.17, 15) is 4.79 Å². The number of aromatic nitrogens is 1. The molecular weight excluding hydrogens is 428 g/mol. The third-order valence-corrected chi connectivity index (χ3v) is 5.29. The second-order valence-electron chi connectivity index (χ2n) is 5.83. The van der Waals surface area contributed by atoms with Crippen molar-refractivity contribution in [2.45, 2.75) is 23.9 Å². The van der Waals surface area contributed by atoms with Gasteiger partial charge in [0.05, 0.1) is 18.6 Å². The fourth-order valence-electron chi connectivity index (χ4n) is 2.41. The predicted octanol–water partition coefficient (Wildman–Crippen LogP) is 4.91. The Balaban J connectivity index is 1.56. The first-order valence-corrected chi connectivity index (χ1v) is 10.0. The number of oxazole rings is 1. The Morgan fingerprint density at radius 3 is 2.89 bits per heavy atom. The van der Waals surface area contributed by atoms with Crippen LogP contribution >= 0.6 is 27.7 Å². The molecule has 1 aromatic heterocycles. The first kappa shape index (κ1) is 19.5. The normalized spacial score (nSPS) is 11.8. The number of ether oxygens (including phenoxy) is 1. The van der Waals surface area contributed by atoms with Crippen LogP contribution in [0.15, 0.2) is 68.8 Å². The molecule has 3 rings (SSSR count). The fourth-order valence-corrected chi connectivity index (χ4v) is 3.55. The molecule has 0 fully saturated rings. The van der Waals surface area contributed by atoms with E-state index in [0.717, 1.165) is 21.3 Å². The van der Waals surface area contributed by atoms with Gasteiger partial charge < -0.3 is 14.5 Å². The van der Waals surface area contributed by atoms with Crippen molar-refractivity contribution in [1.29, 1.82) is 0 Å². The Hall–Kier alpha value is -2.25. The summed E-state index contributed by atoms with van der Waals surface area (Å²) in [7, 11) is 1.62. The smallest absolute Gasteiger partial charge is 0.256 e. The van der Waals surface area contributed by atoms with E-state index in [-0.39, 0.29) is 11.2 Å². The van der Waals surface area contributed by atoms with Crippen LogP contribution in [0.1, 0.15) is 12.5 Å². The maximum atomic E-state index is 12.4. The summed E-state index contributed by atoms with van der Waals surface area (Å²) in [5, 5.41) is 3.06. The molecule has 1 N–H and O–H groups in total. The molecule has 2 aromatic carbocycles. The number of amides is 1. The molecule has 0 saturated carbocycles. The third-order valence-electron chi connectivity index (χ3n) is 3.84. The number of nitrogens with one attached hydrogen (secondary N) is 1. The molecule has 0 saturated heterocycles. The molecule has 0 spiro atoms. The monoisotopic (exact) mass is 446 g/mol. The number of benzene rings is 2. The molecular formula is C20H19BrN2O3S. The Bertz CT molecular complexity index is 929. The molecule has 0 radical (unpaired) electrons. The van der Waals surface area contributed by atoms with E-state index in [1.54, 1.807) is 13.3 Å². The molecule has 0 unspecified atom stereocenters. The van der Waals surface area contributed by atoms with Crippen molar-refractivity contribution in [3.63, 3.8) is 0 Å². The SMILES string of the molecule is COc1cccc(CNC(=O)[C@H](C)Sc2ncc(-c3cccc(Br)c3)o2)c1. The number of hydrogen-bond donors (Lipinski definition) is 1. The van der Waals surface area contributed by atoms with E-state index < -0.39 is 0 Å². The minimum atomic E-state index is -0.329. The largest absolute Gasteiger partial charge is 0.497 e. The summed E-state index contributed by atoms with van der Waals surface area (Å²) in [4.78, 5) is 16.6. The van der Waals surface area contributed by atoms with Crippen LogP contribution in [0.2, 0.25) is 0 Å². The first-order chi connectivity index (χ1) is 13.0. The summed E-state index contributed by atoms with van der Waals surface area (Å²) in [5.41, 5.74) is 1.91. The van der Waals surface area contributed by atoms with Crippen LogP contribution in [0.4, 0.5) is 0 Å². The number of carbonyl (C=O) groups is 1. The summed E-state index contributed by atoms with van der Waals surface area (Å²) in [6, 6.07) is 15.4. The van der Waals surface area contributed by atoms with Crippen molar-refractivity contribution in [3.05, 3.63) is 64.8 Å². The quantitative estimate of drug-likeness (QED) is 0.522. The Morgan fingerprint density at radius 1 is 1.30 bits per heavy atom. The summed E-state index contributed by atoms with van der Waals surface area (Å²) >= 11 is 4.73. The van der Waals surface area contributed by atoms with Crippen LogP contribution in [0, 0.1) is 0 Å². The van der Waals surface area contributed by atoms with Crippen LogP contribution in [0.3, 0.4) is 0 Å². The topological polar surface area (TPSA) is 64.4 Å². The van der Waals surface area contributed by atoms with E-state index in [4.69, 9.17) is 9.15 Å². The van der Waals surface area contributed by atoms with Crippen molar-refractivity contribution in [1.82, 2.24) is 10.3 Å². The Morgan fingerprint density at radius 2 is 2.11 bits per heavy atom. The maximum Gasteiger partial charge on any atom is 0.256 e. The number of carbonyl (C=O) groups excluding carboxylic acids is 1. The van der Waals surface area contributed by atoms with Crippen molar-refractivity contribution < 1.29 is 13.9 Å². The van der Waals surface area contributed by atoms with E-state index in [1.165, 1.54) is 11.8 Å². The van der Waals surface area contributed by atoms with Gasteiger partial charge in [-0.2, -0.15) is 0 Å². The van der Waals surface area contributed by atoms with Crippen LogP contribution in [0.5, 0.6) is 5.75 Å². The van der Waals surface area contributed by atoms with Crippen LogP contribution in [-0.4, -0.2) is 23.3 Å². The highest BCUT2D eigenvalue weighted by molar-refractivity contribution is 9.10. The van der Waals surface area contributed by atoms with Gasteiger partial charge in [0.1, 0.15) is 5.75 Å². The highest BCUT2D eigenvalue weighted by Gasteiger charge is 2.18. The lowest BCUT2D eigenvalue weighted by molar-refractivity contribution is -0.120. The zero-order chi connectivity index (χ0) is 19.2. The van der Waals surface area contributed by atoms with Gasteiger partial charge in [0, 0.05) is 16.6 Å². The van der Waals surface area contributed by atoms with E-state index in [2.05, 4.69) is 26.2 Å². The molecule has 0 aliphatic rings. The third kappa shape index (κ3) is 5.37. The van der Waals surface area contributed by atoms with Crippen molar-refractivity contribution in [2.24, 2.45) is 0 Å². The number of hydrogen-bond acceptors (Lipinski definition) is 5. The van der Waals surface area contributed by atoms with Crippen molar-refractivity contribution >= 4 is 33.6 Å². The Kier molecular flexibility index (Phi) is 6.58. The number of rotatable bonds is 7. The lowest BCUT2D eigenvalue weighted by Gasteiger charge is -2.10. The molecule has 0 aliphatic heterocycles. The highest BCUT2D eigenvalue weighted by atomic mass is 79.9. The van der Waals surface area contributed by atoms with Crippen LogP contribution < -0.4 is 10.1 Å². The van der Waals surface area contributed by atoms with Crippen molar-refractivity contribution in [3.8, 4) is 17.1 Å². The van der Waals surface area contributed by atoms with Gasteiger partial charge in [-0.15, -0.1) is 0 Å². The summed E-state index contributed by atoms with van der Waals surface area (Å²) in [6.45, 7) is 2.27. The number of nitrogens with zero attached hydrogens (tertiary/aromatic N) is 1. The standard InChI is InChI=1S/C20H19BrN2O3S/c1-13(19(24)22-11-14-5-3-8-17(9-14)25-2)27-20-23-12-18(26-20)15-6-4-7-16(21)10-15/h3-10,12-13H,11H2,1-2H3,(H,22,24)/t13-/m0/s1. The van der Waals surface area contributed by atoms with Gasteiger partial charge in [-0.05, 0) is 36.8 Å². The van der Waals surface area contributed by atoms with Gasteiger partial charge in [-0.3, -0.25) is 4.79 Å². The van der Waals surface area contributed by atoms with Gasteiger partial charge in [0.15, 0.2) is 5.76 Å². The van der Waals surface area contributed by atoms with E-state index in [1.807, 2.05) is 55.5 Å². The van der Waals surface area contributed by atoms with Crippen molar-refractivity contribution in [2.75, 3.05) is 7.11 Å². The second-order valence-corrected chi connectivity index (χ2v) is 8.04. The molecule has 1 amide bonds. The molecule has 27 heavy (non-hydrogen) atoms. The van der Waals surface area contributed by atoms with E-state index in [0.29, 0.717) is 17.5 Å². The highest BCUT2D eigenvalue weighted by Crippen LogP contribution is 2.29. The molecule has 0 bridgehead atoms. The lowest BCUT2D eigenvalue weighted by atomic mass is 10.2. The number of thioether (sulfide) groups is 1. The minimum Gasteiger partial charge on any atom is -0.497 e. The zero-order valence-corrected chi connectivity index (χ0v) is 17.3. The average molecular weight is 447 g/mol. The average Bonchev–Trinajstić information content (AvgIpc) is 3.14. The molecule has 1 atom stereocenters. The van der Waals surface area contributed by atoms with Gasteiger partial charge in [0.25, 0.3) is 5.22 Å².